The number of H-pyrrole nitrogens is 1. The zero-order valence-electron chi connectivity index (χ0n) is 16.4. The molecule has 3 rings (SSSR count). The minimum atomic E-state index is -0.117. The van der Waals surface area contributed by atoms with Crippen molar-refractivity contribution in [1.82, 2.24) is 25.0 Å². The fraction of sp³-hybridized carbons (Fsp3) is 0.400. The van der Waals surface area contributed by atoms with Crippen molar-refractivity contribution in [2.75, 3.05) is 20.3 Å². The van der Waals surface area contributed by atoms with E-state index in [4.69, 9.17) is 4.74 Å². The normalized spacial score (nSPS) is 11.1. The third kappa shape index (κ3) is 4.31. The van der Waals surface area contributed by atoms with E-state index in [2.05, 4.69) is 27.5 Å². The number of aryl methyl sites for hydroxylation is 2. The zero-order chi connectivity index (χ0) is 19.4. The first-order valence-electron chi connectivity index (χ1n) is 9.07. The number of carbonyl (C=O) groups is 1. The number of para-hydroxylation sites is 1. The molecular weight excluding hydrogens is 342 g/mol. The minimum Gasteiger partial charge on any atom is -0.383 e. The molecular formula is C20H27N5O2. The number of benzene rings is 1. The molecule has 1 aromatic carbocycles. The van der Waals surface area contributed by atoms with Crippen molar-refractivity contribution in [3.63, 3.8) is 0 Å². The first-order valence-corrected chi connectivity index (χ1v) is 9.07. The number of hydrogen-bond donors (Lipinski definition) is 2. The van der Waals surface area contributed by atoms with E-state index >= 15 is 0 Å². The maximum atomic E-state index is 12.8. The van der Waals surface area contributed by atoms with Crippen LogP contribution in [0.2, 0.25) is 0 Å². The van der Waals surface area contributed by atoms with Gasteiger partial charge in [0.2, 0.25) is 0 Å². The molecule has 0 spiro atoms. The summed E-state index contributed by atoms with van der Waals surface area (Å²) in [4.78, 5) is 17.9. The number of aromatic amines is 1. The Morgan fingerprint density at radius 2 is 2.11 bits per heavy atom. The summed E-state index contributed by atoms with van der Waals surface area (Å²) in [6.07, 6.45) is 0. The molecule has 0 aliphatic rings. The molecule has 2 aromatic heterocycles. The number of amides is 2. The van der Waals surface area contributed by atoms with Crippen LogP contribution >= 0.6 is 0 Å². The molecule has 144 valence electrons. The second-order valence-corrected chi connectivity index (χ2v) is 6.73. The number of ether oxygens (including phenoxy) is 1. The predicted octanol–water partition coefficient (Wildman–Crippen LogP) is 2.88. The van der Waals surface area contributed by atoms with Gasteiger partial charge in [-0.15, -0.1) is 0 Å². The van der Waals surface area contributed by atoms with Crippen LogP contribution in [0.15, 0.2) is 30.3 Å². The molecule has 0 aliphatic heterocycles. The molecule has 0 saturated heterocycles. The molecule has 27 heavy (non-hydrogen) atoms. The van der Waals surface area contributed by atoms with Crippen LogP contribution < -0.4 is 5.32 Å². The summed E-state index contributed by atoms with van der Waals surface area (Å²) >= 11 is 0. The van der Waals surface area contributed by atoms with Crippen LogP contribution in [0.25, 0.3) is 10.9 Å². The van der Waals surface area contributed by atoms with Gasteiger partial charge in [-0.25, -0.2) is 4.79 Å². The third-order valence-corrected chi connectivity index (χ3v) is 4.88. The number of aromatic nitrogens is 3. The van der Waals surface area contributed by atoms with Crippen LogP contribution in [0.3, 0.4) is 0 Å². The Bertz CT molecular complexity index is 895. The molecule has 0 aliphatic carbocycles. The predicted molar refractivity (Wildman–Crippen MR) is 106 cm³/mol. The van der Waals surface area contributed by atoms with Crippen molar-refractivity contribution in [3.05, 3.63) is 53.0 Å². The lowest BCUT2D eigenvalue weighted by Gasteiger charge is -2.23. The van der Waals surface area contributed by atoms with E-state index in [1.165, 1.54) is 0 Å². The fourth-order valence-corrected chi connectivity index (χ4v) is 3.20. The van der Waals surface area contributed by atoms with E-state index < -0.39 is 0 Å². The Labute approximate surface area is 159 Å². The van der Waals surface area contributed by atoms with Gasteiger partial charge in [-0.05, 0) is 31.4 Å². The molecule has 0 bridgehead atoms. The number of rotatable bonds is 7. The van der Waals surface area contributed by atoms with Crippen molar-refractivity contribution < 1.29 is 9.53 Å². The van der Waals surface area contributed by atoms with E-state index in [0.717, 1.165) is 33.5 Å². The van der Waals surface area contributed by atoms with E-state index in [1.807, 2.05) is 43.8 Å². The van der Waals surface area contributed by atoms with Crippen LogP contribution in [0.4, 0.5) is 4.79 Å². The highest BCUT2D eigenvalue weighted by molar-refractivity contribution is 5.80. The van der Waals surface area contributed by atoms with Gasteiger partial charge >= 0.3 is 6.03 Å². The highest BCUT2D eigenvalue weighted by atomic mass is 16.5. The number of fused-ring (bicyclic) bond motifs is 1. The zero-order valence-corrected chi connectivity index (χ0v) is 16.4. The molecule has 3 aromatic rings. The van der Waals surface area contributed by atoms with Crippen molar-refractivity contribution in [3.8, 4) is 0 Å². The second kappa shape index (κ2) is 8.26. The fourth-order valence-electron chi connectivity index (χ4n) is 3.20. The van der Waals surface area contributed by atoms with Crippen LogP contribution in [0.5, 0.6) is 0 Å². The highest BCUT2D eigenvalue weighted by Crippen LogP contribution is 2.16. The number of hydrogen-bond acceptors (Lipinski definition) is 3. The molecule has 2 amide bonds. The Balaban J connectivity index is 1.68. The molecule has 7 nitrogen and oxygen atoms in total. The summed E-state index contributed by atoms with van der Waals surface area (Å²) in [6, 6.07) is 10.0. The van der Waals surface area contributed by atoms with Gasteiger partial charge in [-0.2, -0.15) is 5.10 Å². The Hall–Kier alpha value is -2.80. The van der Waals surface area contributed by atoms with Gasteiger partial charge in [0.15, 0.2) is 0 Å². The van der Waals surface area contributed by atoms with Gasteiger partial charge in [0.25, 0.3) is 0 Å². The summed E-state index contributed by atoms with van der Waals surface area (Å²) in [5, 5.41) is 8.59. The maximum Gasteiger partial charge on any atom is 0.318 e. The quantitative estimate of drug-likeness (QED) is 0.672. The molecule has 2 N–H and O–H groups in total. The van der Waals surface area contributed by atoms with Gasteiger partial charge in [-0.1, -0.05) is 18.2 Å². The number of urea groups is 1. The average molecular weight is 369 g/mol. The van der Waals surface area contributed by atoms with Crippen LogP contribution in [-0.2, 0) is 24.9 Å². The number of methoxy groups -OCH3 is 1. The summed E-state index contributed by atoms with van der Waals surface area (Å²) in [5.41, 5.74) is 5.14. The van der Waals surface area contributed by atoms with E-state index in [1.54, 1.807) is 12.0 Å². The summed E-state index contributed by atoms with van der Waals surface area (Å²) < 4.78 is 7.03. The summed E-state index contributed by atoms with van der Waals surface area (Å²) in [5.74, 6) is 0. The monoisotopic (exact) mass is 369 g/mol. The third-order valence-electron chi connectivity index (χ3n) is 4.88. The Morgan fingerprint density at radius 3 is 2.78 bits per heavy atom. The van der Waals surface area contributed by atoms with Crippen molar-refractivity contribution in [1.29, 1.82) is 0 Å². The van der Waals surface area contributed by atoms with Crippen LogP contribution in [-0.4, -0.2) is 46.0 Å². The molecule has 0 atom stereocenters. The van der Waals surface area contributed by atoms with E-state index in [0.29, 0.717) is 26.2 Å². The van der Waals surface area contributed by atoms with E-state index in [9.17, 15) is 4.79 Å². The van der Waals surface area contributed by atoms with Gasteiger partial charge in [-0.3, -0.25) is 4.68 Å². The molecule has 0 unspecified atom stereocenters. The number of nitrogens with zero attached hydrogens (tertiary/aromatic N) is 3. The van der Waals surface area contributed by atoms with Crippen molar-refractivity contribution in [2.45, 2.75) is 26.9 Å². The average Bonchev–Trinajstić information content (AvgIpc) is 3.18. The number of nitrogens with one attached hydrogen (secondary N) is 2. The van der Waals surface area contributed by atoms with Crippen LogP contribution in [0, 0.1) is 13.8 Å². The smallest absolute Gasteiger partial charge is 0.318 e. The van der Waals surface area contributed by atoms with Gasteiger partial charge in [0.1, 0.15) is 0 Å². The van der Waals surface area contributed by atoms with Crippen molar-refractivity contribution >= 4 is 16.9 Å². The topological polar surface area (TPSA) is 75.2 Å². The second-order valence-electron chi connectivity index (χ2n) is 6.73. The lowest BCUT2D eigenvalue weighted by Crippen LogP contribution is -2.41. The van der Waals surface area contributed by atoms with E-state index in [-0.39, 0.29) is 6.03 Å². The standard InChI is InChI=1S/C20H27N5O2/c1-14-18(15(2)24(3)23-14)13-25(9-10-27-4)20(26)21-12-17-11-16-7-5-6-8-19(16)22-17/h5-8,11,22H,9-10,12-13H2,1-4H3,(H,21,26). The maximum absolute atomic E-state index is 12.8. The highest BCUT2D eigenvalue weighted by Gasteiger charge is 2.18. The first kappa shape index (κ1) is 19.0. The summed E-state index contributed by atoms with van der Waals surface area (Å²) in [7, 11) is 3.56. The minimum absolute atomic E-state index is 0.117. The SMILES string of the molecule is COCCN(Cc1c(C)nn(C)c1C)C(=O)NCc1cc2ccccc2[nH]1. The molecule has 0 fully saturated rings. The number of carbonyl (C=O) groups excluding carboxylic acids is 1. The Morgan fingerprint density at radius 1 is 1.33 bits per heavy atom. The molecule has 0 saturated carbocycles. The first-order chi connectivity index (χ1) is 13.0. The largest absolute Gasteiger partial charge is 0.383 e. The lowest BCUT2D eigenvalue weighted by atomic mass is 10.2. The van der Waals surface area contributed by atoms with Gasteiger partial charge < -0.3 is 19.9 Å². The lowest BCUT2D eigenvalue weighted by molar-refractivity contribution is 0.146. The van der Waals surface area contributed by atoms with Crippen LogP contribution in [0.1, 0.15) is 22.6 Å². The van der Waals surface area contributed by atoms with Gasteiger partial charge in [0.05, 0.1) is 25.4 Å². The molecule has 7 heteroatoms. The van der Waals surface area contributed by atoms with Gasteiger partial charge in [0, 0.05) is 43.2 Å². The molecule has 0 radical (unpaired) electrons. The summed E-state index contributed by atoms with van der Waals surface area (Å²) in [6.45, 7) is 5.95. The molecule has 2 heterocycles. The Kier molecular flexibility index (Phi) is 5.81. The van der Waals surface area contributed by atoms with Crippen molar-refractivity contribution in [2.24, 2.45) is 7.05 Å².